The van der Waals surface area contributed by atoms with Crippen molar-refractivity contribution in [2.24, 2.45) is 0 Å². The van der Waals surface area contributed by atoms with Crippen LogP contribution in [0.3, 0.4) is 0 Å². The molecule has 1 aromatic carbocycles. The molecular formula is C21H24O8S. The van der Waals surface area contributed by atoms with Crippen LogP contribution in [0.4, 0.5) is 0 Å². The van der Waals surface area contributed by atoms with E-state index in [0.29, 0.717) is 0 Å². The third-order valence-electron chi connectivity index (χ3n) is 4.00. The second-order valence-corrected chi connectivity index (χ2v) is 7.58. The number of rotatable bonds is 8. The number of ether oxygens (including phenoxy) is 5. The summed E-state index contributed by atoms with van der Waals surface area (Å²) in [4.78, 5) is 35.7. The molecule has 9 heteroatoms. The fraction of sp³-hybridized carbons (Fsp3) is 0.476. The molecular weight excluding hydrogens is 412 g/mol. The molecule has 162 valence electrons. The Morgan fingerprint density at radius 3 is 2.20 bits per heavy atom. The van der Waals surface area contributed by atoms with Gasteiger partial charge in [0.05, 0.1) is 0 Å². The fourth-order valence-corrected chi connectivity index (χ4v) is 4.05. The van der Waals surface area contributed by atoms with Crippen LogP contribution in [0.2, 0.25) is 0 Å². The van der Waals surface area contributed by atoms with E-state index in [1.54, 1.807) is 0 Å². The Labute approximate surface area is 179 Å². The van der Waals surface area contributed by atoms with E-state index >= 15 is 0 Å². The lowest BCUT2D eigenvalue weighted by atomic mass is 9.99. The highest BCUT2D eigenvalue weighted by atomic mass is 32.2. The van der Waals surface area contributed by atoms with Gasteiger partial charge in [0, 0.05) is 25.7 Å². The summed E-state index contributed by atoms with van der Waals surface area (Å²) in [6, 6.07) is 9.33. The van der Waals surface area contributed by atoms with Gasteiger partial charge in [-0.15, -0.1) is 6.42 Å². The first-order chi connectivity index (χ1) is 14.3. The summed E-state index contributed by atoms with van der Waals surface area (Å²) in [6.45, 7) is 3.46. The molecule has 1 saturated heterocycles. The Kier molecular flexibility index (Phi) is 9.17. The van der Waals surface area contributed by atoms with Crippen LogP contribution >= 0.6 is 11.8 Å². The van der Waals surface area contributed by atoms with E-state index in [1.165, 1.54) is 32.5 Å². The number of esters is 3. The van der Waals surface area contributed by atoms with E-state index in [4.69, 9.17) is 30.1 Å². The SMILES string of the molecule is C#CCOC1C(OC(C)=O)[C@H](Sc2ccccc2)OC(COC(C)=O)[C@@H]1OC(C)=O. The average molecular weight is 436 g/mol. The number of terminal acetylenes is 1. The second kappa shape index (κ2) is 11.6. The molecule has 1 aromatic rings. The summed E-state index contributed by atoms with van der Waals surface area (Å²) in [5.74, 6) is 0.684. The van der Waals surface area contributed by atoms with Crippen LogP contribution in [0.1, 0.15) is 20.8 Å². The molecule has 0 aliphatic carbocycles. The van der Waals surface area contributed by atoms with Gasteiger partial charge in [-0.25, -0.2) is 0 Å². The number of carbonyl (C=O) groups is 3. The normalized spacial score (nSPS) is 25.6. The van der Waals surface area contributed by atoms with Crippen LogP contribution in [0, 0.1) is 12.3 Å². The molecule has 0 spiro atoms. The van der Waals surface area contributed by atoms with Crippen molar-refractivity contribution in [2.45, 2.75) is 55.5 Å². The van der Waals surface area contributed by atoms with Gasteiger partial charge in [-0.05, 0) is 12.1 Å². The predicted molar refractivity (Wildman–Crippen MR) is 107 cm³/mol. The number of benzene rings is 1. The monoisotopic (exact) mass is 436 g/mol. The van der Waals surface area contributed by atoms with Gasteiger partial charge >= 0.3 is 17.9 Å². The number of thioether (sulfide) groups is 1. The van der Waals surface area contributed by atoms with Crippen LogP contribution in [0.25, 0.3) is 0 Å². The van der Waals surface area contributed by atoms with E-state index < -0.39 is 47.8 Å². The Hall–Kier alpha value is -2.54. The summed E-state index contributed by atoms with van der Waals surface area (Å²) in [5, 5.41) is 0. The van der Waals surface area contributed by atoms with Crippen molar-refractivity contribution in [3.05, 3.63) is 30.3 Å². The Morgan fingerprint density at radius 1 is 1.00 bits per heavy atom. The van der Waals surface area contributed by atoms with Gasteiger partial charge in [0.2, 0.25) is 0 Å². The summed E-state index contributed by atoms with van der Waals surface area (Å²) < 4.78 is 27.8. The molecule has 1 aliphatic rings. The van der Waals surface area contributed by atoms with Gasteiger partial charge in [-0.3, -0.25) is 14.4 Å². The predicted octanol–water partition coefficient (Wildman–Crippen LogP) is 1.95. The number of carbonyl (C=O) groups excluding carboxylic acids is 3. The Bertz CT molecular complexity index is 775. The van der Waals surface area contributed by atoms with Gasteiger partial charge in [0.15, 0.2) is 12.2 Å². The minimum Gasteiger partial charge on any atom is -0.463 e. The first-order valence-electron chi connectivity index (χ1n) is 9.21. The standard InChI is InChI=1S/C21H24O8S/c1-5-11-25-19-18(27-14(3)23)17(12-26-13(2)22)29-21(20(19)28-15(4)24)30-16-9-7-6-8-10-16/h1,6-10,17-21H,11-12H2,2-4H3/t17?,18-,19?,20?,21-/m0/s1. The minimum absolute atomic E-state index is 0.108. The summed E-state index contributed by atoms with van der Waals surface area (Å²) in [6.07, 6.45) is 1.62. The van der Waals surface area contributed by atoms with Gasteiger partial charge in [-0.1, -0.05) is 35.9 Å². The maximum atomic E-state index is 11.8. The maximum absolute atomic E-state index is 11.8. The summed E-state index contributed by atoms with van der Waals surface area (Å²) >= 11 is 1.30. The lowest BCUT2D eigenvalue weighted by Crippen LogP contribution is -2.61. The highest BCUT2D eigenvalue weighted by Crippen LogP contribution is 2.37. The molecule has 0 saturated carbocycles. The zero-order valence-electron chi connectivity index (χ0n) is 16.9. The van der Waals surface area contributed by atoms with E-state index in [-0.39, 0.29) is 13.2 Å². The Balaban J connectivity index is 2.39. The second-order valence-electron chi connectivity index (χ2n) is 6.40. The van der Waals surface area contributed by atoms with E-state index in [0.717, 1.165) is 4.90 Å². The molecule has 5 atom stereocenters. The molecule has 0 N–H and O–H groups in total. The summed E-state index contributed by atoms with van der Waals surface area (Å²) in [7, 11) is 0. The van der Waals surface area contributed by atoms with Crippen LogP contribution < -0.4 is 0 Å². The van der Waals surface area contributed by atoms with Crippen LogP contribution in [0.5, 0.6) is 0 Å². The average Bonchev–Trinajstić information content (AvgIpc) is 2.68. The van der Waals surface area contributed by atoms with Gasteiger partial charge < -0.3 is 23.7 Å². The van der Waals surface area contributed by atoms with Crippen LogP contribution in [0.15, 0.2) is 35.2 Å². The zero-order valence-corrected chi connectivity index (χ0v) is 17.8. The molecule has 1 fully saturated rings. The Morgan fingerprint density at radius 2 is 1.63 bits per heavy atom. The quantitative estimate of drug-likeness (QED) is 0.344. The third-order valence-corrected chi connectivity index (χ3v) is 5.16. The molecule has 0 bridgehead atoms. The highest BCUT2D eigenvalue weighted by Gasteiger charge is 2.51. The first-order valence-corrected chi connectivity index (χ1v) is 10.1. The molecule has 8 nitrogen and oxygen atoms in total. The largest absolute Gasteiger partial charge is 0.463 e. The van der Waals surface area contributed by atoms with Crippen LogP contribution in [-0.4, -0.2) is 61.0 Å². The first kappa shape index (κ1) is 23.7. The topological polar surface area (TPSA) is 97.4 Å². The number of hydrogen-bond acceptors (Lipinski definition) is 9. The van der Waals surface area contributed by atoms with Crippen molar-refractivity contribution in [3.63, 3.8) is 0 Å². The van der Waals surface area contributed by atoms with Crippen molar-refractivity contribution >= 4 is 29.7 Å². The fourth-order valence-electron chi connectivity index (χ4n) is 2.93. The smallest absolute Gasteiger partial charge is 0.303 e. The molecule has 30 heavy (non-hydrogen) atoms. The van der Waals surface area contributed by atoms with Crippen molar-refractivity contribution in [1.29, 1.82) is 0 Å². The molecule has 1 heterocycles. The third kappa shape index (κ3) is 7.06. The lowest BCUT2D eigenvalue weighted by Gasteiger charge is -2.44. The van der Waals surface area contributed by atoms with Gasteiger partial charge in [-0.2, -0.15) is 0 Å². The molecule has 1 aliphatic heterocycles. The minimum atomic E-state index is -1.01. The van der Waals surface area contributed by atoms with Gasteiger partial charge in [0.25, 0.3) is 0 Å². The van der Waals surface area contributed by atoms with Crippen molar-refractivity contribution < 1.29 is 38.1 Å². The zero-order chi connectivity index (χ0) is 22.1. The number of hydrogen-bond donors (Lipinski definition) is 0. The molecule has 0 radical (unpaired) electrons. The van der Waals surface area contributed by atoms with E-state index in [9.17, 15) is 14.4 Å². The highest BCUT2D eigenvalue weighted by molar-refractivity contribution is 7.99. The van der Waals surface area contributed by atoms with Crippen molar-refractivity contribution in [2.75, 3.05) is 13.2 Å². The van der Waals surface area contributed by atoms with Crippen molar-refractivity contribution in [3.8, 4) is 12.3 Å². The molecule has 3 unspecified atom stereocenters. The van der Waals surface area contributed by atoms with Gasteiger partial charge in [0.1, 0.15) is 30.9 Å². The van der Waals surface area contributed by atoms with Crippen LogP contribution in [-0.2, 0) is 38.1 Å². The van der Waals surface area contributed by atoms with E-state index in [1.807, 2.05) is 30.3 Å². The molecule has 2 rings (SSSR count). The summed E-state index contributed by atoms with van der Waals surface area (Å²) in [5.41, 5.74) is -0.730. The lowest BCUT2D eigenvalue weighted by molar-refractivity contribution is -0.237. The molecule has 0 amide bonds. The molecule has 0 aromatic heterocycles. The van der Waals surface area contributed by atoms with Crippen molar-refractivity contribution in [1.82, 2.24) is 0 Å². The van der Waals surface area contributed by atoms with E-state index in [2.05, 4.69) is 5.92 Å². The maximum Gasteiger partial charge on any atom is 0.303 e.